The first-order chi connectivity index (χ1) is 9.24. The molecular weight excluding hydrogens is 242 g/mol. The lowest BCUT2D eigenvalue weighted by molar-refractivity contribution is -0.121. The summed E-state index contributed by atoms with van der Waals surface area (Å²) in [6.45, 7) is 3.93. The fourth-order valence-electron chi connectivity index (χ4n) is 1.67. The van der Waals surface area contributed by atoms with E-state index in [0.29, 0.717) is 26.2 Å². The van der Waals surface area contributed by atoms with Gasteiger partial charge >= 0.3 is 0 Å². The highest BCUT2D eigenvalue weighted by atomic mass is 16.5. The molecule has 0 aliphatic rings. The molecule has 4 heteroatoms. The van der Waals surface area contributed by atoms with E-state index in [0.717, 1.165) is 24.2 Å². The van der Waals surface area contributed by atoms with Gasteiger partial charge in [0.05, 0.1) is 6.61 Å². The van der Waals surface area contributed by atoms with Gasteiger partial charge in [-0.15, -0.1) is 0 Å². The molecule has 0 aromatic heterocycles. The predicted molar refractivity (Wildman–Crippen MR) is 75.4 cm³/mol. The highest BCUT2D eigenvalue weighted by Crippen LogP contribution is 2.16. The molecule has 1 amide bonds. The van der Waals surface area contributed by atoms with Crippen molar-refractivity contribution in [2.24, 2.45) is 0 Å². The van der Waals surface area contributed by atoms with Crippen molar-refractivity contribution in [1.29, 1.82) is 0 Å². The van der Waals surface area contributed by atoms with Crippen LogP contribution in [0.25, 0.3) is 0 Å². The predicted octanol–water partition coefficient (Wildman–Crippen LogP) is 2.31. The molecule has 0 bridgehead atoms. The molecule has 0 aliphatic heterocycles. The average Bonchev–Trinajstić information content (AvgIpc) is 2.41. The molecule has 4 nitrogen and oxygen atoms in total. The van der Waals surface area contributed by atoms with Crippen LogP contribution in [0, 0.1) is 6.92 Å². The van der Waals surface area contributed by atoms with Crippen molar-refractivity contribution < 1.29 is 14.3 Å². The molecule has 0 saturated carbocycles. The fraction of sp³-hybridized carbons (Fsp3) is 0.533. The summed E-state index contributed by atoms with van der Waals surface area (Å²) in [4.78, 5) is 11.5. The zero-order chi connectivity index (χ0) is 13.9. The summed E-state index contributed by atoms with van der Waals surface area (Å²) in [5, 5.41) is 2.85. The molecule has 1 N–H and O–H groups in total. The van der Waals surface area contributed by atoms with Crippen LogP contribution >= 0.6 is 0 Å². The smallest absolute Gasteiger partial charge is 0.220 e. The molecule has 0 heterocycles. The molecule has 0 saturated heterocycles. The molecule has 0 radical (unpaired) electrons. The second-order valence-corrected chi connectivity index (χ2v) is 4.41. The van der Waals surface area contributed by atoms with Crippen molar-refractivity contribution in [2.45, 2.75) is 26.2 Å². The average molecular weight is 265 g/mol. The van der Waals surface area contributed by atoms with Crippen LogP contribution in [0.15, 0.2) is 24.3 Å². The van der Waals surface area contributed by atoms with E-state index in [1.807, 2.05) is 31.2 Å². The number of carbonyl (C=O) groups is 1. The zero-order valence-corrected chi connectivity index (χ0v) is 11.8. The van der Waals surface area contributed by atoms with E-state index in [1.165, 1.54) is 0 Å². The van der Waals surface area contributed by atoms with E-state index in [1.54, 1.807) is 7.11 Å². The molecule has 1 aromatic carbocycles. The number of aryl methyl sites for hydroxylation is 1. The van der Waals surface area contributed by atoms with Gasteiger partial charge in [-0.1, -0.05) is 18.2 Å². The molecule has 0 aliphatic carbocycles. The highest BCUT2D eigenvalue weighted by Gasteiger charge is 2.02. The van der Waals surface area contributed by atoms with E-state index >= 15 is 0 Å². The maximum Gasteiger partial charge on any atom is 0.220 e. The summed E-state index contributed by atoms with van der Waals surface area (Å²) < 4.78 is 10.5. The third-order valence-corrected chi connectivity index (χ3v) is 2.75. The summed E-state index contributed by atoms with van der Waals surface area (Å²) in [5.74, 6) is 0.965. The number of amides is 1. The van der Waals surface area contributed by atoms with Gasteiger partial charge < -0.3 is 14.8 Å². The van der Waals surface area contributed by atoms with E-state index < -0.39 is 0 Å². The molecule has 1 aromatic rings. The molecule has 0 atom stereocenters. The Hall–Kier alpha value is -1.55. The second-order valence-electron chi connectivity index (χ2n) is 4.41. The van der Waals surface area contributed by atoms with Gasteiger partial charge in [-0.3, -0.25) is 4.79 Å². The molecule has 0 fully saturated rings. The minimum atomic E-state index is 0.0736. The molecule has 1 rings (SSSR count). The topological polar surface area (TPSA) is 47.6 Å². The molecule has 0 spiro atoms. The Labute approximate surface area is 115 Å². The van der Waals surface area contributed by atoms with Gasteiger partial charge in [0.25, 0.3) is 0 Å². The minimum absolute atomic E-state index is 0.0736. The largest absolute Gasteiger partial charge is 0.493 e. The summed E-state index contributed by atoms with van der Waals surface area (Å²) >= 11 is 0. The van der Waals surface area contributed by atoms with Gasteiger partial charge in [0, 0.05) is 26.7 Å². The number of rotatable bonds is 9. The van der Waals surface area contributed by atoms with Crippen LogP contribution in [0.5, 0.6) is 5.75 Å². The van der Waals surface area contributed by atoms with Crippen molar-refractivity contribution in [3.8, 4) is 5.75 Å². The van der Waals surface area contributed by atoms with Gasteiger partial charge in [0.15, 0.2) is 0 Å². The number of hydrogen-bond acceptors (Lipinski definition) is 3. The Morgan fingerprint density at radius 2 is 2.00 bits per heavy atom. The highest BCUT2D eigenvalue weighted by molar-refractivity contribution is 5.75. The second kappa shape index (κ2) is 9.39. The Balaban J connectivity index is 2.07. The van der Waals surface area contributed by atoms with Crippen LogP contribution in [0.2, 0.25) is 0 Å². The normalized spacial score (nSPS) is 10.2. The van der Waals surface area contributed by atoms with Crippen LogP contribution in [0.3, 0.4) is 0 Å². The lowest BCUT2D eigenvalue weighted by atomic mass is 10.2. The van der Waals surface area contributed by atoms with Gasteiger partial charge in [-0.2, -0.15) is 0 Å². The Bertz CT molecular complexity index is 379. The van der Waals surface area contributed by atoms with Crippen molar-refractivity contribution in [3.05, 3.63) is 29.8 Å². The first-order valence-corrected chi connectivity index (χ1v) is 6.68. The summed E-state index contributed by atoms with van der Waals surface area (Å²) in [5.41, 5.74) is 1.12. The molecule has 106 valence electrons. The van der Waals surface area contributed by atoms with E-state index in [2.05, 4.69) is 5.32 Å². The monoisotopic (exact) mass is 265 g/mol. The zero-order valence-electron chi connectivity index (χ0n) is 11.8. The summed E-state index contributed by atoms with van der Waals surface area (Å²) in [6, 6.07) is 7.89. The molecular formula is C15H23NO3. The molecule has 0 unspecified atom stereocenters. The van der Waals surface area contributed by atoms with Crippen molar-refractivity contribution in [1.82, 2.24) is 5.32 Å². The number of methoxy groups -OCH3 is 1. The number of benzene rings is 1. The fourth-order valence-corrected chi connectivity index (χ4v) is 1.67. The maximum absolute atomic E-state index is 11.5. The standard InChI is InChI=1S/C15H23NO3/c1-13-7-3-4-8-14(13)19-12-5-9-15(17)16-10-6-11-18-2/h3-4,7-8H,5-6,9-12H2,1-2H3,(H,16,17). The first-order valence-electron chi connectivity index (χ1n) is 6.68. The number of ether oxygens (including phenoxy) is 2. The number of nitrogens with one attached hydrogen (secondary N) is 1. The maximum atomic E-state index is 11.5. The van der Waals surface area contributed by atoms with Crippen molar-refractivity contribution in [3.63, 3.8) is 0 Å². The van der Waals surface area contributed by atoms with Gasteiger partial charge in [-0.25, -0.2) is 0 Å². The van der Waals surface area contributed by atoms with Crippen molar-refractivity contribution in [2.75, 3.05) is 26.9 Å². The Morgan fingerprint density at radius 3 is 2.74 bits per heavy atom. The first kappa shape index (κ1) is 15.5. The summed E-state index contributed by atoms with van der Waals surface area (Å²) in [7, 11) is 1.66. The SMILES string of the molecule is COCCCNC(=O)CCCOc1ccccc1C. The van der Waals surface area contributed by atoms with Gasteiger partial charge in [0.1, 0.15) is 5.75 Å². The summed E-state index contributed by atoms with van der Waals surface area (Å²) in [6.07, 6.45) is 2.07. The number of carbonyl (C=O) groups excluding carboxylic acids is 1. The lowest BCUT2D eigenvalue weighted by Crippen LogP contribution is -2.25. The van der Waals surface area contributed by atoms with E-state index in [4.69, 9.17) is 9.47 Å². The van der Waals surface area contributed by atoms with Crippen LogP contribution in [0.1, 0.15) is 24.8 Å². The van der Waals surface area contributed by atoms with Crippen LogP contribution < -0.4 is 10.1 Å². The van der Waals surface area contributed by atoms with Crippen LogP contribution in [0.4, 0.5) is 0 Å². The molecule has 19 heavy (non-hydrogen) atoms. The van der Waals surface area contributed by atoms with E-state index in [-0.39, 0.29) is 5.91 Å². The third kappa shape index (κ3) is 6.82. The minimum Gasteiger partial charge on any atom is -0.493 e. The van der Waals surface area contributed by atoms with Crippen molar-refractivity contribution >= 4 is 5.91 Å². The Kier molecular flexibility index (Phi) is 7.66. The van der Waals surface area contributed by atoms with Crippen LogP contribution in [-0.2, 0) is 9.53 Å². The number of hydrogen-bond donors (Lipinski definition) is 1. The van der Waals surface area contributed by atoms with Gasteiger partial charge in [-0.05, 0) is 31.4 Å². The Morgan fingerprint density at radius 1 is 1.21 bits per heavy atom. The van der Waals surface area contributed by atoms with Crippen LogP contribution in [-0.4, -0.2) is 32.8 Å². The number of para-hydroxylation sites is 1. The van der Waals surface area contributed by atoms with E-state index in [9.17, 15) is 4.79 Å². The lowest BCUT2D eigenvalue weighted by Gasteiger charge is -2.08. The third-order valence-electron chi connectivity index (χ3n) is 2.75. The van der Waals surface area contributed by atoms with Gasteiger partial charge in [0.2, 0.25) is 5.91 Å². The quantitative estimate of drug-likeness (QED) is 0.697.